The van der Waals surface area contributed by atoms with E-state index in [0.29, 0.717) is 17.7 Å². The van der Waals surface area contributed by atoms with Gasteiger partial charge in [-0.25, -0.2) is 8.42 Å². The third-order valence-electron chi connectivity index (χ3n) is 3.36. The van der Waals surface area contributed by atoms with Crippen molar-refractivity contribution in [2.45, 2.75) is 45.6 Å². The Morgan fingerprint density at radius 2 is 2.00 bits per heavy atom. The lowest BCUT2D eigenvalue weighted by molar-refractivity contribution is 0.398. The third kappa shape index (κ3) is 4.11. The van der Waals surface area contributed by atoms with Crippen LogP contribution in [0.2, 0.25) is 0 Å². The van der Waals surface area contributed by atoms with E-state index in [-0.39, 0.29) is 5.75 Å². The Hall–Kier alpha value is -0.0900. The van der Waals surface area contributed by atoms with Crippen molar-refractivity contribution in [2.24, 2.45) is 5.92 Å². The summed E-state index contributed by atoms with van der Waals surface area (Å²) in [7, 11) is -2.77. The molecule has 0 amide bonds. The second-order valence-corrected chi connectivity index (χ2v) is 6.85. The number of rotatable bonds is 6. The second-order valence-electron chi connectivity index (χ2n) is 4.38. The minimum Gasteiger partial charge on any atom is -0.314 e. The zero-order valence-electron chi connectivity index (χ0n) is 9.83. The van der Waals surface area contributed by atoms with E-state index in [1.165, 1.54) is 19.3 Å². The number of hydrogen-bond acceptors (Lipinski definition) is 3. The van der Waals surface area contributed by atoms with Crippen molar-refractivity contribution < 1.29 is 8.42 Å². The summed E-state index contributed by atoms with van der Waals surface area (Å²) in [6, 6.07) is 0.557. The van der Waals surface area contributed by atoms with E-state index >= 15 is 0 Å². The van der Waals surface area contributed by atoms with Crippen molar-refractivity contribution in [3.05, 3.63) is 0 Å². The van der Waals surface area contributed by atoms with E-state index < -0.39 is 9.84 Å². The van der Waals surface area contributed by atoms with Crippen LogP contribution in [0, 0.1) is 5.92 Å². The molecule has 0 aromatic carbocycles. The van der Waals surface area contributed by atoms with Crippen LogP contribution >= 0.6 is 0 Å². The monoisotopic (exact) mass is 233 g/mol. The van der Waals surface area contributed by atoms with E-state index in [1.807, 2.05) is 0 Å². The highest BCUT2D eigenvalue weighted by Crippen LogP contribution is 2.28. The van der Waals surface area contributed by atoms with Gasteiger partial charge in [0, 0.05) is 11.8 Å². The van der Waals surface area contributed by atoms with Gasteiger partial charge in [0.25, 0.3) is 0 Å². The molecule has 4 heteroatoms. The Labute approximate surface area is 93.6 Å². The molecule has 2 unspecified atom stereocenters. The van der Waals surface area contributed by atoms with Gasteiger partial charge in [-0.15, -0.1) is 0 Å². The van der Waals surface area contributed by atoms with Gasteiger partial charge in [0.15, 0.2) is 0 Å². The highest BCUT2D eigenvalue weighted by Gasteiger charge is 2.27. The van der Waals surface area contributed by atoms with Gasteiger partial charge in [0.1, 0.15) is 9.84 Å². The van der Waals surface area contributed by atoms with E-state index in [0.717, 1.165) is 13.0 Å². The molecule has 0 aromatic heterocycles. The Morgan fingerprint density at radius 1 is 1.27 bits per heavy atom. The van der Waals surface area contributed by atoms with Gasteiger partial charge in [0.2, 0.25) is 0 Å². The molecule has 1 aliphatic carbocycles. The van der Waals surface area contributed by atoms with Gasteiger partial charge in [-0.1, -0.05) is 20.3 Å². The zero-order chi connectivity index (χ0) is 11.3. The fourth-order valence-electron chi connectivity index (χ4n) is 2.39. The Kier molecular flexibility index (Phi) is 5.06. The van der Waals surface area contributed by atoms with E-state index in [9.17, 15) is 8.42 Å². The Bertz CT molecular complexity index is 274. The molecule has 0 aromatic rings. The summed E-state index contributed by atoms with van der Waals surface area (Å²) in [4.78, 5) is 0. The summed E-state index contributed by atoms with van der Waals surface area (Å²) in [5.41, 5.74) is 0. The standard InChI is InChI=1S/C11H23NO2S/c1-3-12-11-7-5-6-10(11)8-9-15(13,14)4-2/h10-12H,3-9H2,1-2H3. The maximum absolute atomic E-state index is 11.4. The third-order valence-corrected chi connectivity index (χ3v) is 5.10. The highest BCUT2D eigenvalue weighted by molar-refractivity contribution is 7.91. The molecule has 15 heavy (non-hydrogen) atoms. The lowest BCUT2D eigenvalue weighted by Crippen LogP contribution is -2.33. The average Bonchev–Trinajstić information content (AvgIpc) is 2.64. The maximum atomic E-state index is 11.4. The van der Waals surface area contributed by atoms with Gasteiger partial charge in [-0.3, -0.25) is 0 Å². The molecule has 1 saturated carbocycles. The Balaban J connectivity index is 2.37. The van der Waals surface area contributed by atoms with E-state index in [4.69, 9.17) is 0 Å². The van der Waals surface area contributed by atoms with Gasteiger partial charge in [0.05, 0.1) is 5.75 Å². The van der Waals surface area contributed by atoms with Crippen molar-refractivity contribution in [1.82, 2.24) is 5.32 Å². The minimum absolute atomic E-state index is 0.283. The molecule has 1 aliphatic rings. The molecule has 1 fully saturated rings. The second kappa shape index (κ2) is 5.85. The van der Waals surface area contributed by atoms with Crippen molar-refractivity contribution in [3.8, 4) is 0 Å². The molecule has 0 aliphatic heterocycles. The molecule has 1 N–H and O–H groups in total. The molecule has 1 rings (SSSR count). The van der Waals surface area contributed by atoms with Crippen LogP contribution in [0.1, 0.15) is 39.5 Å². The summed E-state index contributed by atoms with van der Waals surface area (Å²) in [6.07, 6.45) is 4.49. The predicted octanol–water partition coefficient (Wildman–Crippen LogP) is 1.59. The lowest BCUT2D eigenvalue weighted by atomic mass is 10.0. The van der Waals surface area contributed by atoms with Crippen molar-refractivity contribution in [3.63, 3.8) is 0 Å². The van der Waals surface area contributed by atoms with Gasteiger partial charge < -0.3 is 5.32 Å². The van der Waals surface area contributed by atoms with Crippen LogP contribution in [-0.4, -0.2) is 32.5 Å². The minimum atomic E-state index is -2.77. The van der Waals surface area contributed by atoms with Crippen LogP contribution in [0.3, 0.4) is 0 Å². The summed E-state index contributed by atoms with van der Waals surface area (Å²) >= 11 is 0. The first-order chi connectivity index (χ1) is 7.09. The van der Waals surface area contributed by atoms with Gasteiger partial charge in [-0.2, -0.15) is 0 Å². The molecule has 0 heterocycles. The summed E-state index contributed by atoms with van der Waals surface area (Å²) in [6.45, 7) is 4.83. The lowest BCUT2D eigenvalue weighted by Gasteiger charge is -2.19. The smallest absolute Gasteiger partial charge is 0.150 e. The molecule has 0 radical (unpaired) electrons. The molecule has 0 bridgehead atoms. The highest BCUT2D eigenvalue weighted by atomic mass is 32.2. The molecular weight excluding hydrogens is 210 g/mol. The topological polar surface area (TPSA) is 46.2 Å². The first kappa shape index (κ1) is 13.0. The van der Waals surface area contributed by atoms with Crippen LogP contribution in [0.5, 0.6) is 0 Å². The summed E-state index contributed by atoms with van der Waals surface area (Å²) < 4.78 is 22.8. The quantitative estimate of drug-likeness (QED) is 0.758. The molecular formula is C11H23NO2S. The van der Waals surface area contributed by atoms with Gasteiger partial charge in [-0.05, 0) is 31.7 Å². The number of nitrogens with one attached hydrogen (secondary N) is 1. The fraction of sp³-hybridized carbons (Fsp3) is 1.00. The largest absolute Gasteiger partial charge is 0.314 e. The SMILES string of the molecule is CCNC1CCCC1CCS(=O)(=O)CC. The van der Waals surface area contributed by atoms with Crippen LogP contribution in [0.4, 0.5) is 0 Å². The van der Waals surface area contributed by atoms with Crippen LogP contribution < -0.4 is 5.32 Å². The van der Waals surface area contributed by atoms with E-state index in [2.05, 4.69) is 12.2 Å². The zero-order valence-corrected chi connectivity index (χ0v) is 10.6. The molecule has 3 nitrogen and oxygen atoms in total. The average molecular weight is 233 g/mol. The number of hydrogen-bond donors (Lipinski definition) is 1. The summed E-state index contributed by atoms with van der Waals surface area (Å²) in [5, 5.41) is 3.45. The molecule has 0 saturated heterocycles. The Morgan fingerprint density at radius 3 is 2.60 bits per heavy atom. The van der Waals surface area contributed by atoms with Gasteiger partial charge >= 0.3 is 0 Å². The van der Waals surface area contributed by atoms with Crippen molar-refractivity contribution >= 4 is 9.84 Å². The van der Waals surface area contributed by atoms with Crippen LogP contribution in [-0.2, 0) is 9.84 Å². The molecule has 90 valence electrons. The fourth-order valence-corrected chi connectivity index (χ4v) is 3.34. The van der Waals surface area contributed by atoms with Crippen LogP contribution in [0.25, 0.3) is 0 Å². The van der Waals surface area contributed by atoms with Crippen molar-refractivity contribution in [1.29, 1.82) is 0 Å². The first-order valence-electron chi connectivity index (χ1n) is 6.03. The molecule has 2 atom stereocenters. The number of sulfone groups is 1. The summed E-state index contributed by atoms with van der Waals surface area (Å²) in [5.74, 6) is 1.23. The van der Waals surface area contributed by atoms with E-state index in [1.54, 1.807) is 6.92 Å². The first-order valence-corrected chi connectivity index (χ1v) is 7.85. The van der Waals surface area contributed by atoms with Crippen molar-refractivity contribution in [2.75, 3.05) is 18.1 Å². The predicted molar refractivity (Wildman–Crippen MR) is 63.8 cm³/mol. The molecule has 0 spiro atoms. The van der Waals surface area contributed by atoms with Crippen LogP contribution in [0.15, 0.2) is 0 Å². The maximum Gasteiger partial charge on any atom is 0.150 e. The normalized spacial score (nSPS) is 27.1.